The van der Waals surface area contributed by atoms with Crippen LogP contribution in [-0.2, 0) is 12.8 Å². The summed E-state index contributed by atoms with van der Waals surface area (Å²) in [6.07, 6.45) is 5.15. The Morgan fingerprint density at radius 3 is 2.35 bits per heavy atom. The first-order chi connectivity index (χ1) is 16.7. The first-order valence-corrected chi connectivity index (χ1v) is 12.1. The van der Waals surface area contributed by atoms with E-state index in [9.17, 15) is 4.39 Å². The highest BCUT2D eigenvalue weighted by molar-refractivity contribution is 5.59. The van der Waals surface area contributed by atoms with Gasteiger partial charge in [-0.25, -0.2) is 4.39 Å². The Hall–Kier alpha value is -3.65. The van der Waals surface area contributed by atoms with Crippen molar-refractivity contribution in [2.24, 2.45) is 5.92 Å². The molecule has 0 aliphatic heterocycles. The average molecular weight is 447 g/mol. The van der Waals surface area contributed by atoms with Crippen LogP contribution in [0.2, 0.25) is 0 Å². The molecule has 0 aromatic heterocycles. The molecule has 0 radical (unpaired) electrons. The van der Waals surface area contributed by atoms with Gasteiger partial charge in [0.15, 0.2) is 0 Å². The lowest BCUT2D eigenvalue weighted by molar-refractivity contribution is 0.266. The predicted octanol–water partition coefficient (Wildman–Crippen LogP) is 6.00. The number of halogens is 1. The van der Waals surface area contributed by atoms with Crippen molar-refractivity contribution in [3.05, 3.63) is 134 Å². The van der Waals surface area contributed by atoms with Gasteiger partial charge < -0.3 is 4.74 Å². The van der Waals surface area contributed by atoms with Gasteiger partial charge >= 0.3 is 0 Å². The lowest BCUT2D eigenvalue weighted by Crippen LogP contribution is -2.29. The molecule has 34 heavy (non-hydrogen) atoms. The summed E-state index contributed by atoms with van der Waals surface area (Å²) < 4.78 is 20.0. The maximum atomic E-state index is 13.5. The third-order valence-corrected chi connectivity index (χ3v) is 7.31. The van der Waals surface area contributed by atoms with Crippen LogP contribution in [0.5, 0.6) is 5.75 Å². The number of hydrogen-bond acceptors (Lipinski definition) is 1. The Kier molecular flexibility index (Phi) is 5.30. The minimum atomic E-state index is -0.253. The van der Waals surface area contributed by atoms with Gasteiger partial charge in [-0.1, -0.05) is 79.2 Å². The maximum Gasteiger partial charge on any atom is 0.144 e. The monoisotopic (exact) mass is 446 g/mol. The summed E-state index contributed by atoms with van der Waals surface area (Å²) in [5, 5.41) is 5.06. The van der Waals surface area contributed by atoms with Crippen LogP contribution in [0, 0.1) is 22.2 Å². The Balaban J connectivity index is 1.59. The molecule has 0 N–H and O–H groups in total. The van der Waals surface area contributed by atoms with Gasteiger partial charge in [0.1, 0.15) is 17.7 Å². The number of rotatable bonds is 4. The standard InChI is InChI=1S/C32H27FO/c1-21-11-16-29-27(30(21)19-22-7-3-2-4-8-22)17-18-28-26-10-6-5-9-23(26)20-31(32(28)29)34-25-14-12-24(33)13-15-25/h2-10,12-15,17-18,20-21,31H,11,16,19H2,1H3. The highest BCUT2D eigenvalue weighted by atomic mass is 19.1. The summed E-state index contributed by atoms with van der Waals surface area (Å²) in [6, 6.07) is 30.2. The molecular weight excluding hydrogens is 419 g/mol. The molecular formula is C32H27FO. The molecule has 2 atom stereocenters. The zero-order chi connectivity index (χ0) is 23.1. The molecule has 2 aliphatic rings. The van der Waals surface area contributed by atoms with Crippen LogP contribution in [0.4, 0.5) is 4.39 Å². The molecule has 0 saturated heterocycles. The average Bonchev–Trinajstić information content (AvgIpc) is 2.87. The summed E-state index contributed by atoms with van der Waals surface area (Å²) in [5.41, 5.74) is 5.53. The first-order valence-electron chi connectivity index (χ1n) is 12.1. The second-order valence-corrected chi connectivity index (χ2v) is 9.43. The van der Waals surface area contributed by atoms with Gasteiger partial charge in [-0.3, -0.25) is 0 Å². The van der Waals surface area contributed by atoms with E-state index in [1.807, 2.05) is 0 Å². The SMILES string of the molecule is CC1CCc2c3c(ccc2=C1Cc1ccccc1)=c1ccccc1=CC3Oc1ccc(F)cc1. The van der Waals surface area contributed by atoms with Crippen LogP contribution in [0.25, 0.3) is 11.6 Å². The van der Waals surface area contributed by atoms with Gasteiger partial charge in [0.2, 0.25) is 0 Å². The minimum Gasteiger partial charge on any atom is -0.482 e. The van der Waals surface area contributed by atoms with Crippen molar-refractivity contribution < 1.29 is 9.13 Å². The molecule has 0 bridgehead atoms. The summed E-state index contributed by atoms with van der Waals surface area (Å²) in [4.78, 5) is 0. The van der Waals surface area contributed by atoms with Crippen LogP contribution in [0.3, 0.4) is 0 Å². The topological polar surface area (TPSA) is 9.23 Å². The van der Waals surface area contributed by atoms with Crippen LogP contribution in [-0.4, -0.2) is 0 Å². The summed E-state index contributed by atoms with van der Waals surface area (Å²) in [6.45, 7) is 2.36. The molecule has 168 valence electrons. The number of hydrogen-bond donors (Lipinski definition) is 0. The van der Waals surface area contributed by atoms with Crippen LogP contribution in [0.15, 0.2) is 91.0 Å². The smallest absolute Gasteiger partial charge is 0.144 e. The Morgan fingerprint density at radius 2 is 1.53 bits per heavy atom. The van der Waals surface area contributed by atoms with Crippen molar-refractivity contribution in [2.75, 3.05) is 0 Å². The number of fused-ring (bicyclic) bond motifs is 4. The molecule has 0 heterocycles. The van der Waals surface area contributed by atoms with Crippen molar-refractivity contribution in [2.45, 2.75) is 32.3 Å². The van der Waals surface area contributed by atoms with Gasteiger partial charge in [-0.15, -0.1) is 0 Å². The van der Waals surface area contributed by atoms with E-state index < -0.39 is 0 Å². The molecule has 4 aromatic rings. The fourth-order valence-electron chi connectivity index (χ4n) is 5.57. The Bertz CT molecular complexity index is 1570. The van der Waals surface area contributed by atoms with Gasteiger partial charge in [0, 0.05) is 5.56 Å². The minimum absolute atomic E-state index is 0.211. The molecule has 0 amide bonds. The molecule has 2 heteroatoms. The highest BCUT2D eigenvalue weighted by Gasteiger charge is 2.25. The fraction of sp³-hybridized carbons (Fsp3) is 0.188. The molecule has 1 nitrogen and oxygen atoms in total. The summed E-state index contributed by atoms with van der Waals surface area (Å²) in [5.74, 6) is 0.975. The highest BCUT2D eigenvalue weighted by Crippen LogP contribution is 2.33. The predicted molar refractivity (Wildman–Crippen MR) is 135 cm³/mol. The van der Waals surface area contributed by atoms with Gasteiger partial charge in [-0.2, -0.15) is 0 Å². The van der Waals surface area contributed by atoms with E-state index in [4.69, 9.17) is 4.74 Å². The van der Waals surface area contributed by atoms with E-state index in [-0.39, 0.29) is 11.9 Å². The van der Waals surface area contributed by atoms with Gasteiger partial charge in [-0.05, 0) is 87.5 Å². The van der Waals surface area contributed by atoms with Crippen molar-refractivity contribution in [1.29, 1.82) is 0 Å². The van der Waals surface area contributed by atoms with E-state index in [1.165, 1.54) is 55.3 Å². The third-order valence-electron chi connectivity index (χ3n) is 7.31. The molecule has 6 rings (SSSR count). The molecule has 0 saturated carbocycles. The summed E-state index contributed by atoms with van der Waals surface area (Å²) >= 11 is 0. The van der Waals surface area contributed by atoms with Crippen molar-refractivity contribution in [1.82, 2.24) is 0 Å². The second-order valence-electron chi connectivity index (χ2n) is 9.43. The van der Waals surface area contributed by atoms with E-state index in [0.717, 1.165) is 19.3 Å². The van der Waals surface area contributed by atoms with Crippen molar-refractivity contribution >= 4 is 11.6 Å². The maximum absolute atomic E-state index is 13.5. The second kappa shape index (κ2) is 8.61. The lowest BCUT2D eigenvalue weighted by Gasteiger charge is -2.28. The quantitative estimate of drug-likeness (QED) is 0.373. The fourth-order valence-corrected chi connectivity index (χ4v) is 5.57. The Morgan fingerprint density at radius 1 is 0.794 bits per heavy atom. The van der Waals surface area contributed by atoms with Gasteiger partial charge in [0.05, 0.1) is 0 Å². The zero-order valence-corrected chi connectivity index (χ0v) is 19.3. The van der Waals surface area contributed by atoms with E-state index >= 15 is 0 Å². The van der Waals surface area contributed by atoms with E-state index in [0.29, 0.717) is 11.7 Å². The zero-order valence-electron chi connectivity index (χ0n) is 19.3. The van der Waals surface area contributed by atoms with Crippen LogP contribution >= 0.6 is 0 Å². The molecule has 4 aromatic carbocycles. The molecule has 0 spiro atoms. The van der Waals surface area contributed by atoms with Crippen molar-refractivity contribution in [3.63, 3.8) is 0 Å². The normalized spacial score (nSPS) is 18.4. The third kappa shape index (κ3) is 3.74. The summed E-state index contributed by atoms with van der Waals surface area (Å²) in [7, 11) is 0. The molecule has 2 unspecified atom stereocenters. The first kappa shape index (κ1) is 20.9. The van der Waals surface area contributed by atoms with Crippen LogP contribution in [0.1, 0.15) is 36.1 Å². The van der Waals surface area contributed by atoms with E-state index in [1.54, 1.807) is 12.1 Å². The largest absolute Gasteiger partial charge is 0.482 e. The van der Waals surface area contributed by atoms with E-state index in [2.05, 4.69) is 79.7 Å². The molecule has 2 aliphatic carbocycles. The number of benzene rings is 4. The number of ether oxygens (including phenoxy) is 1. The lowest BCUT2D eigenvalue weighted by atomic mass is 9.79. The van der Waals surface area contributed by atoms with Crippen molar-refractivity contribution in [3.8, 4) is 5.75 Å². The molecule has 0 fully saturated rings. The Labute approximate surface area is 199 Å². The van der Waals surface area contributed by atoms with Crippen LogP contribution < -0.4 is 15.2 Å². The van der Waals surface area contributed by atoms with Gasteiger partial charge in [0.25, 0.3) is 0 Å².